The van der Waals surface area contributed by atoms with E-state index >= 15 is 0 Å². The van der Waals surface area contributed by atoms with Gasteiger partial charge >= 0.3 is 0 Å². The van der Waals surface area contributed by atoms with Gasteiger partial charge in [0.25, 0.3) is 0 Å². The van der Waals surface area contributed by atoms with Crippen molar-refractivity contribution >= 4 is 0 Å². The molecule has 0 spiro atoms. The van der Waals surface area contributed by atoms with Gasteiger partial charge in [0.15, 0.2) is 0 Å². The highest BCUT2D eigenvalue weighted by Crippen LogP contribution is 2.23. The Hall–Kier alpha value is -0.860. The van der Waals surface area contributed by atoms with Crippen molar-refractivity contribution in [1.29, 1.82) is 0 Å². The lowest BCUT2D eigenvalue weighted by Crippen LogP contribution is -2.44. The second-order valence-corrected chi connectivity index (χ2v) is 4.06. The fraction of sp³-hybridized carbons (Fsp3) is 0.500. The molecule has 1 saturated heterocycles. The third-order valence-electron chi connectivity index (χ3n) is 3.06. The maximum absolute atomic E-state index is 3.45. The molecule has 0 aliphatic carbocycles. The predicted octanol–water partition coefficient (Wildman–Crippen LogP) is 1.57. The van der Waals surface area contributed by atoms with Crippen molar-refractivity contribution in [1.82, 2.24) is 10.2 Å². The topological polar surface area (TPSA) is 15.3 Å². The molecule has 0 radical (unpaired) electrons. The Balaban J connectivity index is 2.25. The van der Waals surface area contributed by atoms with Crippen LogP contribution in [0.4, 0.5) is 0 Å². The number of benzene rings is 1. The maximum Gasteiger partial charge on any atom is 0.0472 e. The first-order valence-electron chi connectivity index (χ1n) is 5.25. The van der Waals surface area contributed by atoms with Crippen LogP contribution in [-0.2, 0) is 0 Å². The van der Waals surface area contributed by atoms with Crippen molar-refractivity contribution in [3.05, 3.63) is 35.4 Å². The molecule has 76 valence electrons. The summed E-state index contributed by atoms with van der Waals surface area (Å²) in [5, 5.41) is 3.45. The first-order valence-corrected chi connectivity index (χ1v) is 5.25. The number of piperazine rings is 1. The van der Waals surface area contributed by atoms with E-state index < -0.39 is 0 Å². The zero-order valence-electron chi connectivity index (χ0n) is 8.96. The van der Waals surface area contributed by atoms with Gasteiger partial charge in [0.05, 0.1) is 0 Å². The quantitative estimate of drug-likeness (QED) is 0.723. The number of nitrogens with zero attached hydrogens (tertiary/aromatic N) is 1. The van der Waals surface area contributed by atoms with Gasteiger partial charge in [-0.2, -0.15) is 0 Å². The molecular formula is C12H18N2. The largest absolute Gasteiger partial charge is 0.314 e. The standard InChI is InChI=1S/C12H18N2/c1-10-5-3-4-6-11(10)12-9-13-7-8-14(12)2/h3-6,12-13H,7-9H2,1-2H3. The summed E-state index contributed by atoms with van der Waals surface area (Å²) < 4.78 is 0. The van der Waals surface area contributed by atoms with E-state index in [1.165, 1.54) is 11.1 Å². The van der Waals surface area contributed by atoms with E-state index in [1.54, 1.807) is 0 Å². The summed E-state index contributed by atoms with van der Waals surface area (Å²) in [7, 11) is 2.21. The second kappa shape index (κ2) is 4.11. The Labute approximate surface area is 85.9 Å². The average molecular weight is 190 g/mol. The van der Waals surface area contributed by atoms with E-state index in [2.05, 4.69) is 48.5 Å². The molecule has 0 saturated carbocycles. The van der Waals surface area contributed by atoms with Gasteiger partial charge in [-0.3, -0.25) is 4.90 Å². The van der Waals surface area contributed by atoms with Gasteiger partial charge in [0.2, 0.25) is 0 Å². The molecule has 2 nitrogen and oxygen atoms in total. The van der Waals surface area contributed by atoms with Crippen molar-refractivity contribution in [3.63, 3.8) is 0 Å². The van der Waals surface area contributed by atoms with Crippen molar-refractivity contribution in [3.8, 4) is 0 Å². The van der Waals surface area contributed by atoms with Crippen LogP contribution in [0.2, 0.25) is 0 Å². The molecule has 1 unspecified atom stereocenters. The van der Waals surface area contributed by atoms with E-state index in [0.29, 0.717) is 6.04 Å². The second-order valence-electron chi connectivity index (χ2n) is 4.06. The lowest BCUT2D eigenvalue weighted by molar-refractivity contribution is 0.202. The summed E-state index contributed by atoms with van der Waals surface area (Å²) in [6, 6.07) is 9.21. The van der Waals surface area contributed by atoms with Crippen LogP contribution in [0.3, 0.4) is 0 Å². The molecule has 1 aliphatic heterocycles. The minimum Gasteiger partial charge on any atom is -0.314 e. The van der Waals surface area contributed by atoms with E-state index in [0.717, 1.165) is 19.6 Å². The van der Waals surface area contributed by atoms with E-state index in [-0.39, 0.29) is 0 Å². The molecule has 14 heavy (non-hydrogen) atoms. The Kier molecular flexibility index (Phi) is 2.85. The molecule has 2 heteroatoms. The van der Waals surface area contributed by atoms with Gasteiger partial charge in [-0.25, -0.2) is 0 Å². The fourth-order valence-electron chi connectivity index (χ4n) is 2.11. The van der Waals surface area contributed by atoms with Crippen LogP contribution in [0.5, 0.6) is 0 Å². The van der Waals surface area contributed by atoms with E-state index in [9.17, 15) is 0 Å². The molecule has 0 bridgehead atoms. The minimum absolute atomic E-state index is 0.546. The highest BCUT2D eigenvalue weighted by atomic mass is 15.2. The number of aryl methyl sites for hydroxylation is 1. The molecule has 2 rings (SSSR count). The minimum atomic E-state index is 0.546. The molecule has 0 amide bonds. The van der Waals surface area contributed by atoms with Crippen LogP contribution in [0, 0.1) is 6.92 Å². The highest BCUT2D eigenvalue weighted by molar-refractivity contribution is 5.29. The third-order valence-corrected chi connectivity index (χ3v) is 3.06. The first kappa shape index (κ1) is 9.69. The number of rotatable bonds is 1. The van der Waals surface area contributed by atoms with Gasteiger partial charge in [-0.15, -0.1) is 0 Å². The van der Waals surface area contributed by atoms with Gasteiger partial charge in [0.1, 0.15) is 0 Å². The van der Waals surface area contributed by atoms with Gasteiger partial charge in [-0.05, 0) is 25.1 Å². The van der Waals surface area contributed by atoms with Crippen LogP contribution in [0.25, 0.3) is 0 Å². The highest BCUT2D eigenvalue weighted by Gasteiger charge is 2.20. The molecule has 1 aromatic carbocycles. The summed E-state index contributed by atoms with van der Waals surface area (Å²) in [6.45, 7) is 5.51. The number of likely N-dealkylation sites (N-methyl/N-ethyl adjacent to an activating group) is 1. The first-order chi connectivity index (χ1) is 6.79. The molecule has 1 N–H and O–H groups in total. The normalized spacial score (nSPS) is 23.7. The monoisotopic (exact) mass is 190 g/mol. The van der Waals surface area contributed by atoms with Crippen molar-refractivity contribution in [2.24, 2.45) is 0 Å². The SMILES string of the molecule is Cc1ccccc1C1CNCCN1C. The molecule has 1 heterocycles. The summed E-state index contributed by atoms with van der Waals surface area (Å²) >= 11 is 0. The smallest absolute Gasteiger partial charge is 0.0472 e. The van der Waals surface area contributed by atoms with Crippen molar-refractivity contribution in [2.45, 2.75) is 13.0 Å². The molecule has 1 aliphatic rings. The Morgan fingerprint density at radius 2 is 2.14 bits per heavy atom. The molecule has 1 atom stereocenters. The summed E-state index contributed by atoms with van der Waals surface area (Å²) in [6.07, 6.45) is 0. The number of nitrogens with one attached hydrogen (secondary N) is 1. The average Bonchev–Trinajstić information content (AvgIpc) is 2.20. The lowest BCUT2D eigenvalue weighted by atomic mass is 9.99. The van der Waals surface area contributed by atoms with Gasteiger partial charge in [0, 0.05) is 25.7 Å². The summed E-state index contributed by atoms with van der Waals surface area (Å²) in [5.74, 6) is 0. The Morgan fingerprint density at radius 3 is 2.86 bits per heavy atom. The van der Waals surface area contributed by atoms with Gasteiger partial charge in [-0.1, -0.05) is 24.3 Å². The number of hydrogen-bond acceptors (Lipinski definition) is 2. The molecule has 1 aromatic rings. The van der Waals surface area contributed by atoms with E-state index in [1.807, 2.05) is 0 Å². The molecular weight excluding hydrogens is 172 g/mol. The van der Waals surface area contributed by atoms with Crippen LogP contribution in [-0.4, -0.2) is 31.6 Å². The number of hydrogen-bond donors (Lipinski definition) is 1. The van der Waals surface area contributed by atoms with Crippen LogP contribution < -0.4 is 5.32 Å². The molecule has 1 fully saturated rings. The van der Waals surface area contributed by atoms with Gasteiger partial charge < -0.3 is 5.32 Å². The fourth-order valence-corrected chi connectivity index (χ4v) is 2.11. The zero-order chi connectivity index (χ0) is 9.97. The van der Waals surface area contributed by atoms with Crippen molar-refractivity contribution in [2.75, 3.05) is 26.7 Å². The summed E-state index contributed by atoms with van der Waals surface area (Å²) in [4.78, 5) is 2.43. The third kappa shape index (κ3) is 1.81. The maximum atomic E-state index is 3.45. The van der Waals surface area contributed by atoms with Crippen LogP contribution >= 0.6 is 0 Å². The Bertz CT molecular complexity index is 309. The van der Waals surface area contributed by atoms with Crippen LogP contribution in [0.15, 0.2) is 24.3 Å². The lowest BCUT2D eigenvalue weighted by Gasteiger charge is -2.34. The van der Waals surface area contributed by atoms with Crippen LogP contribution in [0.1, 0.15) is 17.2 Å². The van der Waals surface area contributed by atoms with Crippen molar-refractivity contribution < 1.29 is 0 Å². The predicted molar refractivity (Wildman–Crippen MR) is 59.4 cm³/mol. The molecule has 0 aromatic heterocycles. The Morgan fingerprint density at radius 1 is 1.36 bits per heavy atom. The van der Waals surface area contributed by atoms with E-state index in [4.69, 9.17) is 0 Å². The zero-order valence-corrected chi connectivity index (χ0v) is 8.96. The summed E-state index contributed by atoms with van der Waals surface area (Å²) in [5.41, 5.74) is 2.86.